The minimum absolute atomic E-state index is 0.136. The van der Waals surface area contributed by atoms with E-state index in [0.717, 1.165) is 5.56 Å². The summed E-state index contributed by atoms with van der Waals surface area (Å²) in [6, 6.07) is 9.74. The molecular weight excluding hydrogens is 391 g/mol. The Morgan fingerprint density at radius 2 is 2.00 bits per heavy atom. The summed E-state index contributed by atoms with van der Waals surface area (Å²) in [5.74, 6) is 2.80. The molecule has 142 valence electrons. The van der Waals surface area contributed by atoms with Crippen molar-refractivity contribution in [3.05, 3.63) is 57.6 Å². The van der Waals surface area contributed by atoms with Gasteiger partial charge < -0.3 is 14.6 Å². The molecule has 2 rings (SSSR count). The van der Waals surface area contributed by atoms with Crippen molar-refractivity contribution in [2.24, 2.45) is 0 Å². The maximum atomic E-state index is 12.1. The molecular formula is C19H18Cl2N2O4. The van der Waals surface area contributed by atoms with Gasteiger partial charge in [-0.15, -0.1) is 6.42 Å². The lowest BCUT2D eigenvalue weighted by Gasteiger charge is -2.14. The molecule has 0 aliphatic rings. The van der Waals surface area contributed by atoms with E-state index >= 15 is 0 Å². The molecule has 2 aromatic carbocycles. The Balaban J connectivity index is 1.92. The molecule has 0 aliphatic carbocycles. The van der Waals surface area contributed by atoms with Crippen molar-refractivity contribution >= 4 is 29.1 Å². The number of nitrogens with one attached hydrogen (secondary N) is 2. The number of rotatable bonds is 8. The maximum Gasteiger partial charge on any atom is 0.267 e. The van der Waals surface area contributed by atoms with Crippen LogP contribution in [0, 0.1) is 12.3 Å². The molecule has 0 fully saturated rings. The van der Waals surface area contributed by atoms with Gasteiger partial charge in [-0.05, 0) is 35.4 Å². The molecule has 0 heterocycles. The maximum absolute atomic E-state index is 12.1. The van der Waals surface area contributed by atoms with Crippen LogP contribution in [0.4, 0.5) is 0 Å². The van der Waals surface area contributed by atoms with Crippen LogP contribution in [-0.2, 0) is 11.3 Å². The highest BCUT2D eigenvalue weighted by atomic mass is 35.5. The van der Waals surface area contributed by atoms with Crippen LogP contribution < -0.4 is 20.3 Å². The average molecular weight is 409 g/mol. The van der Waals surface area contributed by atoms with Gasteiger partial charge in [0.15, 0.2) is 17.6 Å². The van der Waals surface area contributed by atoms with E-state index in [0.29, 0.717) is 28.6 Å². The molecule has 3 N–H and O–H groups in total. The number of hydrazine groups is 1. The summed E-state index contributed by atoms with van der Waals surface area (Å²) in [5.41, 5.74) is 6.34. The molecule has 0 aliphatic heterocycles. The summed E-state index contributed by atoms with van der Waals surface area (Å²) in [6.07, 6.45) is 3.79. The first-order valence-corrected chi connectivity index (χ1v) is 8.60. The van der Waals surface area contributed by atoms with E-state index in [1.165, 1.54) is 25.3 Å². The molecule has 0 radical (unpaired) electrons. The Bertz CT molecular complexity index is 852. The van der Waals surface area contributed by atoms with Crippen LogP contribution in [-0.4, -0.2) is 24.7 Å². The Morgan fingerprint density at radius 3 is 2.67 bits per heavy atom. The van der Waals surface area contributed by atoms with Crippen molar-refractivity contribution in [1.82, 2.24) is 10.9 Å². The predicted molar refractivity (Wildman–Crippen MR) is 104 cm³/mol. The van der Waals surface area contributed by atoms with E-state index in [1.54, 1.807) is 18.2 Å². The van der Waals surface area contributed by atoms with Crippen molar-refractivity contribution < 1.29 is 19.4 Å². The average Bonchev–Trinajstić information content (AvgIpc) is 2.68. The Morgan fingerprint density at radius 1 is 1.22 bits per heavy atom. The number of ether oxygens (including phenoxy) is 2. The van der Waals surface area contributed by atoms with Gasteiger partial charge in [-0.1, -0.05) is 41.3 Å². The van der Waals surface area contributed by atoms with Crippen LogP contribution >= 0.6 is 23.2 Å². The van der Waals surface area contributed by atoms with Gasteiger partial charge in [0.05, 0.1) is 17.2 Å². The molecule has 27 heavy (non-hydrogen) atoms. The summed E-state index contributed by atoms with van der Waals surface area (Å²) in [5, 5.41) is 10.7. The normalized spacial score (nSPS) is 11.4. The predicted octanol–water partition coefficient (Wildman–Crippen LogP) is 2.87. The number of aliphatic hydroxyl groups is 1. The van der Waals surface area contributed by atoms with Crippen molar-refractivity contribution in [3.8, 4) is 23.8 Å². The van der Waals surface area contributed by atoms with E-state index in [2.05, 4.69) is 16.8 Å². The standard InChI is InChI=1S/C19H18Cl2N2O4/c1-3-8-27-16-7-4-12(9-17(16)26-2)11-22-23-19(25)18(24)13-5-6-14(20)15(21)10-13/h1,4-7,9-10,18,22,24H,8,11H2,2H3,(H,23,25). The fourth-order valence-electron chi connectivity index (χ4n) is 2.20. The number of amides is 1. The molecule has 0 bridgehead atoms. The van der Waals surface area contributed by atoms with Crippen LogP contribution in [0.25, 0.3) is 0 Å². The third-order valence-corrected chi connectivity index (χ3v) is 4.29. The first-order valence-electron chi connectivity index (χ1n) is 7.85. The topological polar surface area (TPSA) is 79.8 Å². The second-order valence-electron chi connectivity index (χ2n) is 5.40. The van der Waals surface area contributed by atoms with Gasteiger partial charge in [0.1, 0.15) is 6.61 Å². The van der Waals surface area contributed by atoms with Crippen LogP contribution in [0.2, 0.25) is 10.0 Å². The molecule has 1 amide bonds. The third-order valence-electron chi connectivity index (χ3n) is 3.55. The number of aliphatic hydroxyl groups excluding tert-OH is 1. The first kappa shape index (κ1) is 20.9. The zero-order chi connectivity index (χ0) is 19.8. The van der Waals surface area contributed by atoms with Crippen molar-refractivity contribution in [1.29, 1.82) is 0 Å². The largest absolute Gasteiger partial charge is 0.493 e. The fourth-order valence-corrected chi connectivity index (χ4v) is 2.50. The number of hydrogen-bond acceptors (Lipinski definition) is 5. The van der Waals surface area contributed by atoms with Crippen LogP contribution in [0.15, 0.2) is 36.4 Å². The zero-order valence-corrected chi connectivity index (χ0v) is 16.0. The van der Waals surface area contributed by atoms with Gasteiger partial charge >= 0.3 is 0 Å². The highest BCUT2D eigenvalue weighted by molar-refractivity contribution is 6.42. The molecule has 1 atom stereocenters. The van der Waals surface area contributed by atoms with Gasteiger partial charge in [0.2, 0.25) is 0 Å². The zero-order valence-electron chi connectivity index (χ0n) is 14.5. The van der Waals surface area contributed by atoms with E-state index < -0.39 is 12.0 Å². The summed E-state index contributed by atoms with van der Waals surface area (Å²) in [6.45, 7) is 0.433. The minimum atomic E-state index is -1.39. The van der Waals surface area contributed by atoms with Crippen molar-refractivity contribution in [2.75, 3.05) is 13.7 Å². The lowest BCUT2D eigenvalue weighted by molar-refractivity contribution is -0.130. The second kappa shape index (κ2) is 10.0. The molecule has 2 aromatic rings. The molecule has 0 saturated heterocycles. The summed E-state index contributed by atoms with van der Waals surface area (Å²) in [4.78, 5) is 12.1. The Labute approximate surface area is 167 Å². The smallest absolute Gasteiger partial charge is 0.267 e. The Kier molecular flexibility index (Phi) is 7.77. The van der Waals surface area contributed by atoms with Crippen LogP contribution in [0.1, 0.15) is 17.2 Å². The highest BCUT2D eigenvalue weighted by Crippen LogP contribution is 2.28. The van der Waals surface area contributed by atoms with Crippen molar-refractivity contribution in [3.63, 3.8) is 0 Å². The highest BCUT2D eigenvalue weighted by Gasteiger charge is 2.18. The number of methoxy groups -OCH3 is 1. The lowest BCUT2D eigenvalue weighted by atomic mass is 10.1. The van der Waals surface area contributed by atoms with Crippen LogP contribution in [0.3, 0.4) is 0 Å². The van der Waals surface area contributed by atoms with Crippen molar-refractivity contribution in [2.45, 2.75) is 12.6 Å². The molecule has 6 nitrogen and oxygen atoms in total. The first-order chi connectivity index (χ1) is 13.0. The number of carbonyl (C=O) groups excluding carboxylic acids is 1. The third kappa shape index (κ3) is 5.78. The SMILES string of the molecule is C#CCOc1ccc(CNNC(=O)C(O)c2ccc(Cl)c(Cl)c2)cc1OC. The lowest BCUT2D eigenvalue weighted by Crippen LogP contribution is -2.40. The molecule has 8 heteroatoms. The molecule has 1 unspecified atom stereocenters. The van der Waals surface area contributed by atoms with Gasteiger partial charge in [-0.2, -0.15) is 0 Å². The number of terminal acetylenes is 1. The molecule has 0 saturated carbocycles. The quantitative estimate of drug-likeness (QED) is 0.462. The van der Waals surface area contributed by atoms with E-state index in [9.17, 15) is 9.90 Å². The number of hydrogen-bond donors (Lipinski definition) is 3. The molecule has 0 spiro atoms. The number of halogens is 2. The van der Waals surface area contributed by atoms with E-state index in [1.807, 2.05) is 0 Å². The summed E-state index contributed by atoms with van der Waals surface area (Å²) < 4.78 is 10.6. The number of carbonyl (C=O) groups is 1. The van der Waals surface area contributed by atoms with Gasteiger partial charge in [-0.3, -0.25) is 10.2 Å². The van der Waals surface area contributed by atoms with E-state index in [-0.39, 0.29) is 11.6 Å². The monoisotopic (exact) mass is 408 g/mol. The number of benzene rings is 2. The minimum Gasteiger partial charge on any atom is -0.493 e. The van der Waals surface area contributed by atoms with Gasteiger partial charge in [0, 0.05) is 6.54 Å². The van der Waals surface area contributed by atoms with Crippen LogP contribution in [0.5, 0.6) is 11.5 Å². The summed E-state index contributed by atoms with van der Waals surface area (Å²) in [7, 11) is 1.52. The summed E-state index contributed by atoms with van der Waals surface area (Å²) >= 11 is 11.7. The fraction of sp³-hybridized carbons (Fsp3) is 0.211. The Hall–Kier alpha value is -2.43. The second-order valence-corrected chi connectivity index (χ2v) is 6.21. The van der Waals surface area contributed by atoms with Gasteiger partial charge in [0.25, 0.3) is 5.91 Å². The molecule has 0 aromatic heterocycles. The van der Waals surface area contributed by atoms with Gasteiger partial charge in [-0.25, -0.2) is 5.43 Å². The van der Waals surface area contributed by atoms with E-state index in [4.69, 9.17) is 39.1 Å².